The van der Waals surface area contributed by atoms with E-state index in [4.69, 9.17) is 16.3 Å². The van der Waals surface area contributed by atoms with E-state index in [0.29, 0.717) is 28.0 Å². The Labute approximate surface area is 142 Å². The number of aryl methyl sites for hydroxylation is 1. The number of fused-ring (bicyclic) bond motifs is 1. The van der Waals surface area contributed by atoms with E-state index in [1.54, 1.807) is 18.7 Å². The number of hydrogen-bond donors (Lipinski definition) is 1. The highest BCUT2D eigenvalue weighted by Crippen LogP contribution is 2.26. The molecule has 1 N–H and O–H groups in total. The molecule has 118 valence electrons. The fourth-order valence-electron chi connectivity index (χ4n) is 2.26. The van der Waals surface area contributed by atoms with E-state index in [-0.39, 0.29) is 5.91 Å². The Hall–Kier alpha value is -2.02. The van der Waals surface area contributed by atoms with Gasteiger partial charge >= 0.3 is 0 Å². The number of nitrogens with zero attached hydrogens (tertiary/aromatic N) is 2. The number of anilines is 1. The smallest absolute Gasteiger partial charge is 0.268 e. The standard InChI is InChI=1S/C16H14ClN3O2S/c1-9-3-5-11(17)10-4-6-13(19-14(9)10)20-16(21)15-12(7-22-2)18-8-23-15/h3-6,8H,7H2,1-2H3,(H,19,20,21). The van der Waals surface area contributed by atoms with Crippen LogP contribution in [0.4, 0.5) is 5.82 Å². The van der Waals surface area contributed by atoms with Gasteiger partial charge in [-0.2, -0.15) is 0 Å². The van der Waals surface area contributed by atoms with Gasteiger partial charge in [-0.1, -0.05) is 17.7 Å². The molecule has 0 aliphatic heterocycles. The Morgan fingerprint density at radius 3 is 2.96 bits per heavy atom. The van der Waals surface area contributed by atoms with Crippen molar-refractivity contribution in [1.82, 2.24) is 9.97 Å². The van der Waals surface area contributed by atoms with Crippen LogP contribution in [0.3, 0.4) is 0 Å². The van der Waals surface area contributed by atoms with E-state index in [0.717, 1.165) is 16.5 Å². The maximum atomic E-state index is 12.4. The summed E-state index contributed by atoms with van der Waals surface area (Å²) in [5.74, 6) is 0.232. The van der Waals surface area contributed by atoms with Crippen molar-refractivity contribution >= 4 is 45.6 Å². The van der Waals surface area contributed by atoms with E-state index >= 15 is 0 Å². The first-order valence-electron chi connectivity index (χ1n) is 6.88. The predicted molar refractivity (Wildman–Crippen MR) is 92.3 cm³/mol. The Bertz CT molecular complexity index is 879. The topological polar surface area (TPSA) is 64.1 Å². The molecule has 1 amide bonds. The molecule has 23 heavy (non-hydrogen) atoms. The molecule has 0 aliphatic rings. The largest absolute Gasteiger partial charge is 0.378 e. The zero-order valence-corrected chi connectivity index (χ0v) is 14.2. The van der Waals surface area contributed by atoms with Gasteiger partial charge < -0.3 is 10.1 Å². The number of pyridine rings is 1. The average Bonchev–Trinajstić information content (AvgIpc) is 3.00. The number of rotatable bonds is 4. The minimum absolute atomic E-state index is 0.244. The zero-order valence-electron chi connectivity index (χ0n) is 12.6. The van der Waals surface area contributed by atoms with Crippen LogP contribution in [0, 0.1) is 6.92 Å². The van der Waals surface area contributed by atoms with Crippen molar-refractivity contribution in [2.45, 2.75) is 13.5 Å². The van der Waals surface area contributed by atoms with E-state index in [9.17, 15) is 4.79 Å². The maximum absolute atomic E-state index is 12.4. The second-order valence-corrected chi connectivity index (χ2v) is 6.23. The zero-order chi connectivity index (χ0) is 16.4. The van der Waals surface area contributed by atoms with E-state index in [1.165, 1.54) is 11.3 Å². The van der Waals surface area contributed by atoms with Crippen LogP contribution in [-0.2, 0) is 11.3 Å². The molecule has 0 saturated heterocycles. The summed E-state index contributed by atoms with van der Waals surface area (Å²) < 4.78 is 5.05. The first-order chi connectivity index (χ1) is 11.1. The molecule has 0 unspecified atom stereocenters. The van der Waals surface area contributed by atoms with Crippen LogP contribution < -0.4 is 5.32 Å². The molecular weight excluding hydrogens is 334 g/mol. The van der Waals surface area contributed by atoms with Gasteiger partial charge in [-0.05, 0) is 30.7 Å². The van der Waals surface area contributed by atoms with Crippen LogP contribution in [0.15, 0.2) is 29.8 Å². The first kappa shape index (κ1) is 15.9. The molecule has 7 heteroatoms. The van der Waals surface area contributed by atoms with Crippen molar-refractivity contribution < 1.29 is 9.53 Å². The molecule has 0 fully saturated rings. The molecular formula is C16H14ClN3O2S. The SMILES string of the molecule is COCc1ncsc1C(=O)Nc1ccc2c(Cl)ccc(C)c2n1. The minimum atomic E-state index is -0.244. The number of nitrogens with one attached hydrogen (secondary N) is 1. The summed E-state index contributed by atoms with van der Waals surface area (Å²) in [6.45, 7) is 2.25. The second kappa shape index (κ2) is 6.62. The molecule has 3 rings (SSSR count). The lowest BCUT2D eigenvalue weighted by atomic mass is 10.1. The fourth-order valence-corrected chi connectivity index (χ4v) is 3.16. The molecule has 3 aromatic rings. The summed E-state index contributed by atoms with van der Waals surface area (Å²) in [5.41, 5.74) is 4.02. The number of methoxy groups -OCH3 is 1. The number of thiazole rings is 1. The number of carbonyl (C=O) groups excluding carboxylic acids is 1. The number of amides is 1. The molecule has 0 atom stereocenters. The summed E-state index contributed by atoms with van der Waals surface area (Å²) in [5, 5.41) is 4.31. The molecule has 2 heterocycles. The van der Waals surface area contributed by atoms with Crippen LogP contribution in [-0.4, -0.2) is 23.0 Å². The number of hydrogen-bond acceptors (Lipinski definition) is 5. The van der Waals surface area contributed by atoms with Crippen LogP contribution in [0.5, 0.6) is 0 Å². The van der Waals surface area contributed by atoms with Crippen molar-refractivity contribution in [3.05, 3.63) is 50.9 Å². The molecule has 0 aliphatic carbocycles. The van der Waals surface area contributed by atoms with Gasteiger partial charge in [0.25, 0.3) is 5.91 Å². The maximum Gasteiger partial charge on any atom is 0.268 e. The third-order valence-corrected chi connectivity index (χ3v) is 4.57. The molecule has 0 spiro atoms. The number of benzene rings is 1. The van der Waals surface area contributed by atoms with Gasteiger partial charge in [0.2, 0.25) is 0 Å². The summed E-state index contributed by atoms with van der Waals surface area (Å²) in [6, 6.07) is 7.34. The third-order valence-electron chi connectivity index (χ3n) is 3.38. The van der Waals surface area contributed by atoms with Crippen LogP contribution in [0.2, 0.25) is 5.02 Å². The van der Waals surface area contributed by atoms with Crippen molar-refractivity contribution in [3.8, 4) is 0 Å². The van der Waals surface area contributed by atoms with Crippen LogP contribution in [0.25, 0.3) is 10.9 Å². The Balaban J connectivity index is 1.91. The Morgan fingerprint density at radius 2 is 2.17 bits per heavy atom. The fraction of sp³-hybridized carbons (Fsp3) is 0.188. The average molecular weight is 348 g/mol. The lowest BCUT2D eigenvalue weighted by molar-refractivity contribution is 0.102. The van der Waals surface area contributed by atoms with Gasteiger partial charge in [0, 0.05) is 17.5 Å². The van der Waals surface area contributed by atoms with Gasteiger partial charge in [-0.3, -0.25) is 4.79 Å². The molecule has 2 aromatic heterocycles. The summed E-state index contributed by atoms with van der Waals surface area (Å²) in [4.78, 5) is 21.6. The van der Waals surface area contributed by atoms with E-state index in [1.807, 2.05) is 25.1 Å². The predicted octanol–water partition coefficient (Wildman–Crippen LogP) is 4.05. The molecule has 0 radical (unpaired) electrons. The highest BCUT2D eigenvalue weighted by Gasteiger charge is 2.15. The Kier molecular flexibility index (Phi) is 4.56. The van der Waals surface area contributed by atoms with Gasteiger partial charge in [0.05, 0.1) is 23.3 Å². The lowest BCUT2D eigenvalue weighted by Gasteiger charge is -2.08. The number of aromatic nitrogens is 2. The lowest BCUT2D eigenvalue weighted by Crippen LogP contribution is -2.14. The van der Waals surface area contributed by atoms with Gasteiger partial charge in [0.15, 0.2) is 0 Å². The summed E-state index contributed by atoms with van der Waals surface area (Å²) in [7, 11) is 1.57. The highest BCUT2D eigenvalue weighted by atomic mass is 35.5. The highest BCUT2D eigenvalue weighted by molar-refractivity contribution is 7.12. The minimum Gasteiger partial charge on any atom is -0.378 e. The van der Waals surface area contributed by atoms with E-state index < -0.39 is 0 Å². The summed E-state index contributed by atoms with van der Waals surface area (Å²) >= 11 is 7.45. The van der Waals surface area contributed by atoms with E-state index in [2.05, 4.69) is 15.3 Å². The van der Waals surface area contributed by atoms with Crippen LogP contribution >= 0.6 is 22.9 Å². The first-order valence-corrected chi connectivity index (χ1v) is 8.14. The molecule has 0 saturated carbocycles. The number of ether oxygens (including phenoxy) is 1. The van der Waals surface area contributed by atoms with Gasteiger partial charge in [0.1, 0.15) is 10.7 Å². The summed E-state index contributed by atoms with van der Waals surface area (Å²) in [6.07, 6.45) is 0. The van der Waals surface area contributed by atoms with Crippen molar-refractivity contribution in [3.63, 3.8) is 0 Å². The number of halogens is 1. The van der Waals surface area contributed by atoms with Crippen molar-refractivity contribution in [1.29, 1.82) is 0 Å². The molecule has 1 aromatic carbocycles. The normalized spacial score (nSPS) is 10.9. The Morgan fingerprint density at radius 1 is 1.35 bits per heavy atom. The van der Waals surface area contributed by atoms with Gasteiger partial charge in [-0.15, -0.1) is 11.3 Å². The monoisotopic (exact) mass is 347 g/mol. The molecule has 5 nitrogen and oxygen atoms in total. The molecule has 0 bridgehead atoms. The van der Waals surface area contributed by atoms with Crippen LogP contribution in [0.1, 0.15) is 20.9 Å². The number of carbonyl (C=O) groups is 1. The van der Waals surface area contributed by atoms with Gasteiger partial charge in [-0.25, -0.2) is 9.97 Å². The second-order valence-electron chi connectivity index (χ2n) is 4.97. The van der Waals surface area contributed by atoms with Crippen molar-refractivity contribution in [2.24, 2.45) is 0 Å². The quantitative estimate of drug-likeness (QED) is 0.773. The van der Waals surface area contributed by atoms with Crippen molar-refractivity contribution in [2.75, 3.05) is 12.4 Å². The third kappa shape index (κ3) is 3.19.